The third kappa shape index (κ3) is 1.95. The molecule has 0 heterocycles. The first-order chi connectivity index (χ1) is 5.25. The molecule has 0 N–H and O–H groups in total. The van der Waals surface area contributed by atoms with Crippen LogP contribution in [0.3, 0.4) is 0 Å². The summed E-state index contributed by atoms with van der Waals surface area (Å²) < 4.78 is 0. The molecule has 0 radical (unpaired) electrons. The second-order valence-corrected chi connectivity index (χ2v) is 3.49. The van der Waals surface area contributed by atoms with E-state index in [0.717, 1.165) is 0 Å². The van der Waals surface area contributed by atoms with Crippen molar-refractivity contribution < 1.29 is 0 Å². The fourth-order valence-electron chi connectivity index (χ4n) is 1.75. The second kappa shape index (κ2) is 3.75. The monoisotopic (exact) mass is 150 g/mol. The Balaban J connectivity index is 2.73. The van der Waals surface area contributed by atoms with E-state index in [0.29, 0.717) is 5.92 Å². The molecular formula is C11H18. The minimum absolute atomic E-state index is 0.712. The molecule has 11 heavy (non-hydrogen) atoms. The lowest BCUT2D eigenvalue weighted by Crippen LogP contribution is -1.96. The van der Waals surface area contributed by atoms with Crippen LogP contribution in [-0.4, -0.2) is 0 Å². The minimum Gasteiger partial charge on any atom is -0.0953 e. The summed E-state index contributed by atoms with van der Waals surface area (Å²) in [7, 11) is 0. The van der Waals surface area contributed by atoms with Crippen LogP contribution in [0.4, 0.5) is 0 Å². The van der Waals surface area contributed by atoms with Crippen molar-refractivity contribution in [3.8, 4) is 0 Å². The van der Waals surface area contributed by atoms with Crippen molar-refractivity contribution in [2.75, 3.05) is 0 Å². The second-order valence-electron chi connectivity index (χ2n) is 3.49. The molecule has 62 valence electrons. The Bertz CT molecular complexity index is 174. The van der Waals surface area contributed by atoms with Gasteiger partial charge in [0.25, 0.3) is 0 Å². The first kappa shape index (κ1) is 8.58. The molecule has 0 spiro atoms. The van der Waals surface area contributed by atoms with E-state index >= 15 is 0 Å². The summed E-state index contributed by atoms with van der Waals surface area (Å²) >= 11 is 0. The smallest absolute Gasteiger partial charge is 0.0194 e. The maximum atomic E-state index is 4.14. The quantitative estimate of drug-likeness (QED) is 0.462. The van der Waals surface area contributed by atoms with Crippen LogP contribution in [0.1, 0.15) is 39.5 Å². The van der Waals surface area contributed by atoms with Crippen LogP contribution in [-0.2, 0) is 0 Å². The largest absolute Gasteiger partial charge is 0.0953 e. The van der Waals surface area contributed by atoms with E-state index in [1.807, 2.05) is 0 Å². The van der Waals surface area contributed by atoms with Gasteiger partial charge in [0.05, 0.1) is 0 Å². The molecule has 1 fully saturated rings. The normalized spacial score (nSPS) is 30.5. The molecule has 1 aliphatic carbocycles. The van der Waals surface area contributed by atoms with E-state index < -0.39 is 0 Å². The predicted octanol–water partition coefficient (Wildman–Crippen LogP) is 3.70. The Hall–Kier alpha value is -0.520. The molecule has 0 aliphatic heterocycles. The highest BCUT2D eigenvalue weighted by Gasteiger charge is 2.13. The summed E-state index contributed by atoms with van der Waals surface area (Å²) in [4.78, 5) is 0. The fourth-order valence-corrected chi connectivity index (χ4v) is 1.75. The molecular weight excluding hydrogens is 132 g/mol. The molecule has 0 aromatic heterocycles. The van der Waals surface area contributed by atoms with E-state index in [9.17, 15) is 0 Å². The maximum absolute atomic E-state index is 4.14. The van der Waals surface area contributed by atoms with Gasteiger partial charge in [0.1, 0.15) is 0 Å². The number of rotatable bonds is 0. The third-order valence-electron chi connectivity index (χ3n) is 2.69. The zero-order valence-electron chi connectivity index (χ0n) is 7.69. The van der Waals surface area contributed by atoms with Gasteiger partial charge < -0.3 is 0 Å². The first-order valence-corrected chi connectivity index (χ1v) is 4.60. The van der Waals surface area contributed by atoms with Gasteiger partial charge in [0.15, 0.2) is 0 Å². The predicted molar refractivity (Wildman–Crippen MR) is 50.5 cm³/mol. The average Bonchev–Trinajstić information content (AvgIpc) is 2.16. The maximum Gasteiger partial charge on any atom is -0.0194 e. The van der Waals surface area contributed by atoms with Crippen LogP contribution in [0.2, 0.25) is 0 Å². The van der Waals surface area contributed by atoms with E-state index in [1.54, 1.807) is 0 Å². The van der Waals surface area contributed by atoms with Gasteiger partial charge in [-0.2, -0.15) is 0 Å². The lowest BCUT2D eigenvalue weighted by Gasteiger charge is -2.11. The molecule has 1 rings (SSSR count). The standard InChI is InChI=1S/C11H18/c1-4-11-8-6-5-7-9(2)10(11)3/h4,9H,3,5-8H2,1-2H3/b11-4+. The van der Waals surface area contributed by atoms with Crippen molar-refractivity contribution in [3.63, 3.8) is 0 Å². The van der Waals surface area contributed by atoms with Gasteiger partial charge in [-0.1, -0.05) is 26.0 Å². The molecule has 0 aromatic carbocycles. The highest BCUT2D eigenvalue weighted by molar-refractivity contribution is 5.30. The highest BCUT2D eigenvalue weighted by Crippen LogP contribution is 2.30. The number of hydrogen-bond acceptors (Lipinski definition) is 0. The van der Waals surface area contributed by atoms with E-state index in [-0.39, 0.29) is 0 Å². The summed E-state index contributed by atoms with van der Waals surface area (Å²) in [6.45, 7) is 8.55. The molecule has 1 aliphatic rings. The van der Waals surface area contributed by atoms with Gasteiger partial charge in [-0.05, 0) is 43.3 Å². The molecule has 0 bridgehead atoms. The summed E-state index contributed by atoms with van der Waals surface area (Å²) in [6.07, 6.45) is 7.53. The van der Waals surface area contributed by atoms with E-state index in [1.165, 1.54) is 36.8 Å². The molecule has 0 heteroatoms. The average molecular weight is 150 g/mol. The van der Waals surface area contributed by atoms with Crippen LogP contribution >= 0.6 is 0 Å². The van der Waals surface area contributed by atoms with Gasteiger partial charge in [-0.3, -0.25) is 0 Å². The summed E-state index contributed by atoms with van der Waals surface area (Å²) in [5.41, 5.74) is 2.88. The van der Waals surface area contributed by atoms with Crippen molar-refractivity contribution in [1.82, 2.24) is 0 Å². The van der Waals surface area contributed by atoms with Gasteiger partial charge in [0, 0.05) is 0 Å². The van der Waals surface area contributed by atoms with Gasteiger partial charge in [0.2, 0.25) is 0 Å². The van der Waals surface area contributed by atoms with Crippen LogP contribution in [0, 0.1) is 5.92 Å². The molecule has 1 saturated carbocycles. The Morgan fingerprint density at radius 2 is 2.18 bits per heavy atom. The van der Waals surface area contributed by atoms with Crippen molar-refractivity contribution in [1.29, 1.82) is 0 Å². The van der Waals surface area contributed by atoms with Crippen LogP contribution in [0.5, 0.6) is 0 Å². The van der Waals surface area contributed by atoms with Crippen molar-refractivity contribution in [2.45, 2.75) is 39.5 Å². The molecule has 1 atom stereocenters. The SMILES string of the molecule is C=C1/C(=C/C)CCCCC1C. The van der Waals surface area contributed by atoms with Crippen LogP contribution in [0.25, 0.3) is 0 Å². The molecule has 0 nitrogen and oxygen atoms in total. The summed E-state index contributed by atoms with van der Waals surface area (Å²) in [6, 6.07) is 0. The third-order valence-corrected chi connectivity index (χ3v) is 2.69. The van der Waals surface area contributed by atoms with Crippen LogP contribution < -0.4 is 0 Å². The van der Waals surface area contributed by atoms with Gasteiger partial charge >= 0.3 is 0 Å². The number of hydrogen-bond donors (Lipinski definition) is 0. The molecule has 0 saturated heterocycles. The van der Waals surface area contributed by atoms with Crippen molar-refractivity contribution in [3.05, 3.63) is 23.8 Å². The van der Waals surface area contributed by atoms with Crippen molar-refractivity contribution in [2.24, 2.45) is 5.92 Å². The van der Waals surface area contributed by atoms with Gasteiger partial charge in [-0.25, -0.2) is 0 Å². The Labute approximate surface area is 70.0 Å². The zero-order valence-corrected chi connectivity index (χ0v) is 7.69. The lowest BCUT2D eigenvalue weighted by molar-refractivity contribution is 0.598. The first-order valence-electron chi connectivity index (χ1n) is 4.60. The zero-order chi connectivity index (χ0) is 8.27. The van der Waals surface area contributed by atoms with E-state index in [4.69, 9.17) is 0 Å². The van der Waals surface area contributed by atoms with Gasteiger partial charge in [-0.15, -0.1) is 0 Å². The highest BCUT2D eigenvalue weighted by atomic mass is 14.2. The van der Waals surface area contributed by atoms with Crippen molar-refractivity contribution >= 4 is 0 Å². The summed E-state index contributed by atoms with van der Waals surface area (Å²) in [5.74, 6) is 0.712. The summed E-state index contributed by atoms with van der Waals surface area (Å²) in [5, 5.41) is 0. The Morgan fingerprint density at radius 3 is 2.82 bits per heavy atom. The Morgan fingerprint density at radius 1 is 1.45 bits per heavy atom. The Kier molecular flexibility index (Phi) is 2.92. The minimum atomic E-state index is 0.712. The molecule has 1 unspecified atom stereocenters. The molecule has 0 aromatic rings. The topological polar surface area (TPSA) is 0 Å². The lowest BCUT2D eigenvalue weighted by atomic mass is 9.94. The molecule has 0 amide bonds. The van der Waals surface area contributed by atoms with E-state index in [2.05, 4.69) is 26.5 Å². The van der Waals surface area contributed by atoms with Crippen LogP contribution in [0.15, 0.2) is 23.8 Å². The number of allylic oxidation sites excluding steroid dienone is 3. The fraction of sp³-hybridized carbons (Fsp3) is 0.636.